The number of esters is 4. The minimum Gasteiger partial charge on any atom is -0.462 e. The number of ether oxygens (including phenoxy) is 4. The Morgan fingerprint density at radius 3 is 0.689 bits per heavy atom. The minimum absolute atomic E-state index is 0.104. The summed E-state index contributed by atoms with van der Waals surface area (Å²) in [5.74, 6) is 0.843. The van der Waals surface area contributed by atoms with E-state index in [1.807, 2.05) is 0 Å². The predicted octanol–water partition coefficient (Wildman–Crippen LogP) is 20.1. The third-order valence-corrected chi connectivity index (χ3v) is 18.2. The molecule has 0 aromatic heterocycles. The Morgan fingerprint density at radius 2 is 0.467 bits per heavy atom. The van der Waals surface area contributed by atoms with E-state index in [0.717, 1.165) is 114 Å². The second-order valence-electron chi connectivity index (χ2n) is 27.5. The van der Waals surface area contributed by atoms with Crippen molar-refractivity contribution in [1.29, 1.82) is 0 Å². The number of aliphatic hydroxyl groups is 1. The molecule has 534 valence electrons. The number of carbonyl (C=O) groups excluding carboxylic acids is 4. The molecular formula is C71H138O17P2. The molecule has 19 heteroatoms. The molecule has 0 aromatic rings. The van der Waals surface area contributed by atoms with Crippen molar-refractivity contribution in [2.45, 2.75) is 369 Å². The smallest absolute Gasteiger partial charge is 0.462 e. The highest BCUT2D eigenvalue weighted by Gasteiger charge is 2.30. The first-order valence-electron chi connectivity index (χ1n) is 36.7. The van der Waals surface area contributed by atoms with Crippen LogP contribution in [0.25, 0.3) is 0 Å². The Bertz CT molecular complexity index is 1780. The molecule has 0 saturated heterocycles. The van der Waals surface area contributed by atoms with Gasteiger partial charge in [0.2, 0.25) is 0 Å². The summed E-state index contributed by atoms with van der Waals surface area (Å²) < 4.78 is 68.3. The van der Waals surface area contributed by atoms with E-state index < -0.39 is 97.5 Å². The fourth-order valence-electron chi connectivity index (χ4n) is 10.7. The van der Waals surface area contributed by atoms with Gasteiger partial charge in [0.25, 0.3) is 0 Å². The number of phosphoric ester groups is 2. The first-order chi connectivity index (χ1) is 43.1. The van der Waals surface area contributed by atoms with Gasteiger partial charge in [-0.3, -0.25) is 37.3 Å². The molecule has 0 aliphatic rings. The van der Waals surface area contributed by atoms with Crippen LogP contribution >= 0.6 is 15.6 Å². The van der Waals surface area contributed by atoms with E-state index in [-0.39, 0.29) is 25.7 Å². The van der Waals surface area contributed by atoms with E-state index in [4.69, 9.17) is 37.0 Å². The fraction of sp³-hybridized carbons (Fsp3) is 0.944. The van der Waals surface area contributed by atoms with Crippen LogP contribution in [0.1, 0.15) is 351 Å². The first-order valence-corrected chi connectivity index (χ1v) is 39.7. The molecule has 3 N–H and O–H groups in total. The molecular weight excluding hydrogens is 1190 g/mol. The molecule has 0 heterocycles. The number of unbranched alkanes of at least 4 members (excludes halogenated alkanes) is 34. The molecule has 17 nitrogen and oxygen atoms in total. The van der Waals surface area contributed by atoms with Crippen LogP contribution in [0.5, 0.6) is 0 Å². The van der Waals surface area contributed by atoms with Crippen molar-refractivity contribution in [1.82, 2.24) is 0 Å². The van der Waals surface area contributed by atoms with Gasteiger partial charge in [0.1, 0.15) is 19.3 Å². The molecule has 0 radical (unpaired) electrons. The molecule has 0 fully saturated rings. The van der Waals surface area contributed by atoms with E-state index in [1.54, 1.807) is 0 Å². The number of phosphoric acid groups is 2. The molecule has 5 atom stereocenters. The van der Waals surface area contributed by atoms with Gasteiger partial charge < -0.3 is 33.8 Å². The molecule has 0 saturated carbocycles. The molecule has 0 amide bonds. The third-order valence-electron chi connectivity index (χ3n) is 16.3. The molecule has 0 aromatic carbocycles. The van der Waals surface area contributed by atoms with Crippen LogP contribution in [-0.4, -0.2) is 96.7 Å². The predicted molar refractivity (Wildman–Crippen MR) is 363 cm³/mol. The lowest BCUT2D eigenvalue weighted by Gasteiger charge is -2.21. The van der Waals surface area contributed by atoms with Crippen molar-refractivity contribution in [2.24, 2.45) is 23.7 Å². The Morgan fingerprint density at radius 1 is 0.278 bits per heavy atom. The standard InChI is InChI=1S/C71H138O17P2/c1-61(2)47-39-31-23-16-12-10-9-11-13-19-28-37-45-53-70(75)87-66(57-81-68(73)51-43-35-27-20-14-17-24-32-40-48-62(3)4)59-85-89(77,78)83-55-65(72)56-84-90(79,80)86-60-67(58-82-69(74)52-44-36-30-22-26-34-42-50-64(7)8)88-71(76)54-46-38-29-21-15-18-25-33-41-49-63(5)6/h61-67,72H,9-60H2,1-8H3,(H,77,78)(H,79,80)/t65?,66-,67-/m1/s1. The minimum atomic E-state index is -4.95. The van der Waals surface area contributed by atoms with Gasteiger partial charge in [-0.05, 0) is 49.4 Å². The lowest BCUT2D eigenvalue weighted by molar-refractivity contribution is -0.161. The van der Waals surface area contributed by atoms with Gasteiger partial charge in [0, 0.05) is 25.7 Å². The average Bonchev–Trinajstić information content (AvgIpc) is 2.93. The van der Waals surface area contributed by atoms with Crippen LogP contribution in [0.3, 0.4) is 0 Å². The summed E-state index contributed by atoms with van der Waals surface area (Å²) in [5.41, 5.74) is 0. The van der Waals surface area contributed by atoms with Crippen molar-refractivity contribution in [2.75, 3.05) is 39.6 Å². The van der Waals surface area contributed by atoms with Crippen LogP contribution in [0.15, 0.2) is 0 Å². The summed E-state index contributed by atoms with van der Waals surface area (Å²) in [6, 6.07) is 0. The van der Waals surface area contributed by atoms with E-state index in [9.17, 15) is 43.2 Å². The highest BCUT2D eigenvalue weighted by molar-refractivity contribution is 7.47. The van der Waals surface area contributed by atoms with Crippen LogP contribution in [0.2, 0.25) is 0 Å². The van der Waals surface area contributed by atoms with Crippen molar-refractivity contribution >= 4 is 39.5 Å². The third kappa shape index (κ3) is 64.8. The van der Waals surface area contributed by atoms with E-state index in [0.29, 0.717) is 31.6 Å². The molecule has 90 heavy (non-hydrogen) atoms. The molecule has 0 aliphatic heterocycles. The van der Waals surface area contributed by atoms with Gasteiger partial charge >= 0.3 is 39.5 Å². The zero-order valence-electron chi connectivity index (χ0n) is 58.8. The van der Waals surface area contributed by atoms with E-state index in [1.165, 1.54) is 148 Å². The Balaban J connectivity index is 5.25. The highest BCUT2D eigenvalue weighted by atomic mass is 31.2. The lowest BCUT2D eigenvalue weighted by atomic mass is 10.0. The van der Waals surface area contributed by atoms with Crippen molar-refractivity contribution < 1.29 is 80.2 Å². The fourth-order valence-corrected chi connectivity index (χ4v) is 12.2. The number of rotatable bonds is 68. The molecule has 3 unspecified atom stereocenters. The monoisotopic (exact) mass is 1320 g/mol. The van der Waals surface area contributed by atoms with Crippen LogP contribution in [0.4, 0.5) is 0 Å². The van der Waals surface area contributed by atoms with E-state index in [2.05, 4.69) is 55.4 Å². The first kappa shape index (κ1) is 88.1. The van der Waals surface area contributed by atoms with Crippen LogP contribution < -0.4 is 0 Å². The summed E-state index contributed by atoms with van der Waals surface area (Å²) in [6.07, 6.45) is 43.1. The summed E-state index contributed by atoms with van der Waals surface area (Å²) >= 11 is 0. The second-order valence-corrected chi connectivity index (χ2v) is 30.4. The molecule has 0 bridgehead atoms. The Hall–Kier alpha value is -1.94. The van der Waals surface area contributed by atoms with Crippen molar-refractivity contribution in [3.8, 4) is 0 Å². The van der Waals surface area contributed by atoms with Crippen molar-refractivity contribution in [3.05, 3.63) is 0 Å². The zero-order chi connectivity index (χ0) is 66.8. The maximum atomic E-state index is 13.0. The van der Waals surface area contributed by atoms with Gasteiger partial charge in [-0.25, -0.2) is 9.13 Å². The van der Waals surface area contributed by atoms with Gasteiger partial charge in [-0.1, -0.05) is 299 Å². The summed E-state index contributed by atoms with van der Waals surface area (Å²) in [6.45, 7) is 14.1. The topological polar surface area (TPSA) is 237 Å². The van der Waals surface area contributed by atoms with Crippen LogP contribution in [-0.2, 0) is 65.4 Å². The zero-order valence-corrected chi connectivity index (χ0v) is 60.6. The van der Waals surface area contributed by atoms with E-state index >= 15 is 0 Å². The van der Waals surface area contributed by atoms with Gasteiger partial charge in [-0.15, -0.1) is 0 Å². The summed E-state index contributed by atoms with van der Waals surface area (Å²) in [7, 11) is -9.90. The van der Waals surface area contributed by atoms with Crippen molar-refractivity contribution in [3.63, 3.8) is 0 Å². The molecule has 0 spiro atoms. The maximum absolute atomic E-state index is 13.0. The normalized spacial score (nSPS) is 14.3. The Kier molecular flexibility index (Phi) is 59.4. The SMILES string of the molecule is CC(C)CCCCCCCCCCCCCCCC(=O)O[C@H](COC(=O)CCCCCCCCCCCC(C)C)COP(=O)(O)OCC(O)COP(=O)(O)OC[C@@H](COC(=O)CCCCCCCCCC(C)C)OC(=O)CCCCCCCCCCCC(C)C. The van der Waals surface area contributed by atoms with Gasteiger partial charge in [0.05, 0.1) is 26.4 Å². The number of hydrogen-bond donors (Lipinski definition) is 3. The molecule has 0 rings (SSSR count). The Labute approximate surface area is 549 Å². The summed E-state index contributed by atoms with van der Waals surface area (Å²) in [4.78, 5) is 72.6. The quantitative estimate of drug-likeness (QED) is 0.0222. The summed E-state index contributed by atoms with van der Waals surface area (Å²) in [5, 5.41) is 10.6. The molecule has 0 aliphatic carbocycles. The van der Waals surface area contributed by atoms with Gasteiger partial charge in [-0.2, -0.15) is 0 Å². The highest BCUT2D eigenvalue weighted by Crippen LogP contribution is 2.45. The number of carbonyl (C=O) groups is 4. The van der Waals surface area contributed by atoms with Gasteiger partial charge in [0.15, 0.2) is 12.2 Å². The maximum Gasteiger partial charge on any atom is 0.472 e. The number of hydrogen-bond acceptors (Lipinski definition) is 15. The van der Waals surface area contributed by atoms with Crippen LogP contribution in [0, 0.1) is 23.7 Å². The largest absolute Gasteiger partial charge is 0.472 e. The number of aliphatic hydroxyl groups excluding tert-OH is 1. The second kappa shape index (κ2) is 60.7. The lowest BCUT2D eigenvalue weighted by Crippen LogP contribution is -2.30. The average molecular weight is 1330 g/mol.